The van der Waals surface area contributed by atoms with Crippen LogP contribution in [0.25, 0.3) is 11.0 Å². The zero-order valence-electron chi connectivity index (χ0n) is 11.1. The van der Waals surface area contributed by atoms with Crippen molar-refractivity contribution in [3.05, 3.63) is 58.0 Å². The number of aryl methyl sites for hydroxylation is 1. The summed E-state index contributed by atoms with van der Waals surface area (Å²) in [4.78, 5) is 2.63. The Labute approximate surface area is 117 Å². The molecular formula is C16H17NOS. The highest BCUT2D eigenvalue weighted by atomic mass is 32.1. The van der Waals surface area contributed by atoms with Gasteiger partial charge < -0.3 is 9.73 Å². The molecule has 0 saturated carbocycles. The van der Waals surface area contributed by atoms with Crippen molar-refractivity contribution in [1.82, 2.24) is 5.32 Å². The number of rotatable bonds is 4. The maximum atomic E-state index is 5.99. The Balaban J connectivity index is 2.03. The minimum atomic E-state index is 0.149. The summed E-state index contributed by atoms with van der Waals surface area (Å²) >= 11 is 1.82. The second-order valence-electron chi connectivity index (χ2n) is 4.63. The molecule has 0 aliphatic rings. The third kappa shape index (κ3) is 2.44. The summed E-state index contributed by atoms with van der Waals surface area (Å²) < 4.78 is 5.99. The fraction of sp³-hybridized carbons (Fsp3) is 0.250. The van der Waals surface area contributed by atoms with E-state index >= 15 is 0 Å². The monoisotopic (exact) mass is 271 g/mol. The fourth-order valence-electron chi connectivity index (χ4n) is 2.30. The smallest absolute Gasteiger partial charge is 0.134 e. The molecule has 0 amide bonds. The van der Waals surface area contributed by atoms with E-state index in [1.54, 1.807) is 0 Å². The van der Waals surface area contributed by atoms with E-state index in [0.29, 0.717) is 0 Å². The van der Waals surface area contributed by atoms with Crippen LogP contribution in [0.5, 0.6) is 0 Å². The molecule has 3 heteroatoms. The van der Waals surface area contributed by atoms with Crippen LogP contribution in [-0.2, 0) is 0 Å². The first-order chi connectivity index (χ1) is 9.28. The molecule has 3 aromatic rings. The molecule has 0 fully saturated rings. The topological polar surface area (TPSA) is 25.2 Å². The molecule has 98 valence electrons. The number of nitrogens with one attached hydrogen (secondary N) is 1. The Morgan fingerprint density at radius 3 is 2.74 bits per heavy atom. The number of thiophene rings is 1. The number of para-hydroxylation sites is 1. The van der Waals surface area contributed by atoms with Crippen LogP contribution >= 0.6 is 11.3 Å². The van der Waals surface area contributed by atoms with Gasteiger partial charge in [-0.15, -0.1) is 11.3 Å². The highest BCUT2D eigenvalue weighted by molar-refractivity contribution is 7.12. The standard InChI is InChI=1S/C16H17NOS/c1-3-17-16(15-9-8-11(2)19-15)14-10-12-6-4-5-7-13(12)18-14/h4-10,16-17H,3H2,1-2H3. The van der Waals surface area contributed by atoms with Gasteiger partial charge in [0.25, 0.3) is 0 Å². The van der Waals surface area contributed by atoms with E-state index in [1.807, 2.05) is 29.5 Å². The van der Waals surface area contributed by atoms with E-state index in [2.05, 4.69) is 43.4 Å². The molecule has 0 spiro atoms. The van der Waals surface area contributed by atoms with Gasteiger partial charge in [-0.25, -0.2) is 0 Å². The summed E-state index contributed by atoms with van der Waals surface area (Å²) in [6.45, 7) is 5.17. The van der Waals surface area contributed by atoms with Crippen molar-refractivity contribution >= 4 is 22.3 Å². The summed E-state index contributed by atoms with van der Waals surface area (Å²) in [6.07, 6.45) is 0. The molecule has 2 aromatic heterocycles. The number of hydrogen-bond acceptors (Lipinski definition) is 3. The molecule has 0 bridgehead atoms. The van der Waals surface area contributed by atoms with Crippen LogP contribution in [0, 0.1) is 6.92 Å². The molecule has 3 rings (SSSR count). The fourth-order valence-corrected chi connectivity index (χ4v) is 3.26. The molecule has 0 aliphatic heterocycles. The lowest BCUT2D eigenvalue weighted by Crippen LogP contribution is -2.20. The van der Waals surface area contributed by atoms with Crippen LogP contribution < -0.4 is 5.32 Å². The predicted octanol–water partition coefficient (Wildman–Crippen LogP) is 4.50. The molecule has 2 heterocycles. The van der Waals surface area contributed by atoms with Crippen LogP contribution in [0.3, 0.4) is 0 Å². The summed E-state index contributed by atoms with van der Waals surface area (Å²) in [6, 6.07) is 14.8. The van der Waals surface area contributed by atoms with Gasteiger partial charge in [-0.05, 0) is 37.7 Å². The van der Waals surface area contributed by atoms with Crippen LogP contribution in [0.15, 0.2) is 46.9 Å². The van der Waals surface area contributed by atoms with E-state index in [9.17, 15) is 0 Å². The van der Waals surface area contributed by atoms with Gasteiger partial charge >= 0.3 is 0 Å². The Hall–Kier alpha value is -1.58. The molecule has 0 radical (unpaired) electrons. The molecule has 2 nitrogen and oxygen atoms in total. The molecule has 1 atom stereocenters. The molecule has 0 aliphatic carbocycles. The van der Waals surface area contributed by atoms with Crippen LogP contribution in [0.4, 0.5) is 0 Å². The lowest BCUT2D eigenvalue weighted by molar-refractivity contribution is 0.481. The second kappa shape index (κ2) is 5.19. The van der Waals surface area contributed by atoms with Crippen LogP contribution in [0.2, 0.25) is 0 Å². The molecular weight excluding hydrogens is 254 g/mol. The third-order valence-electron chi connectivity index (χ3n) is 3.18. The van der Waals surface area contributed by atoms with Crippen molar-refractivity contribution in [3.8, 4) is 0 Å². The van der Waals surface area contributed by atoms with Gasteiger partial charge in [0.15, 0.2) is 0 Å². The normalized spacial score (nSPS) is 12.9. The first-order valence-electron chi connectivity index (χ1n) is 6.56. The minimum Gasteiger partial charge on any atom is -0.459 e. The molecule has 19 heavy (non-hydrogen) atoms. The van der Waals surface area contributed by atoms with Crippen LogP contribution in [0.1, 0.15) is 28.5 Å². The van der Waals surface area contributed by atoms with Crippen molar-refractivity contribution in [3.63, 3.8) is 0 Å². The van der Waals surface area contributed by atoms with Crippen molar-refractivity contribution in [2.24, 2.45) is 0 Å². The third-order valence-corrected chi connectivity index (χ3v) is 4.25. The average Bonchev–Trinajstić information content (AvgIpc) is 3.01. The van der Waals surface area contributed by atoms with Gasteiger partial charge in [0, 0.05) is 15.1 Å². The SMILES string of the molecule is CCNC(c1cc2ccccc2o1)c1ccc(C)s1. The molecule has 1 N–H and O–H groups in total. The van der Waals surface area contributed by atoms with Crippen LogP contribution in [-0.4, -0.2) is 6.54 Å². The average molecular weight is 271 g/mol. The zero-order valence-corrected chi connectivity index (χ0v) is 12.0. The van der Waals surface area contributed by atoms with Gasteiger partial charge in [0.2, 0.25) is 0 Å². The van der Waals surface area contributed by atoms with Gasteiger partial charge in [-0.2, -0.15) is 0 Å². The Morgan fingerprint density at radius 2 is 2.05 bits per heavy atom. The summed E-state index contributed by atoms with van der Waals surface area (Å²) in [5.41, 5.74) is 0.952. The quantitative estimate of drug-likeness (QED) is 0.755. The maximum absolute atomic E-state index is 5.99. The van der Waals surface area contributed by atoms with Gasteiger partial charge in [0.1, 0.15) is 17.4 Å². The van der Waals surface area contributed by atoms with Gasteiger partial charge in [-0.3, -0.25) is 0 Å². The molecule has 0 saturated heterocycles. The highest BCUT2D eigenvalue weighted by Crippen LogP contribution is 2.31. The summed E-state index contributed by atoms with van der Waals surface area (Å²) in [5, 5.41) is 4.67. The highest BCUT2D eigenvalue weighted by Gasteiger charge is 2.18. The number of fused-ring (bicyclic) bond motifs is 1. The molecule has 1 unspecified atom stereocenters. The number of benzene rings is 1. The first kappa shape index (κ1) is 12.5. The second-order valence-corrected chi connectivity index (χ2v) is 5.95. The number of hydrogen-bond donors (Lipinski definition) is 1. The van der Waals surface area contributed by atoms with E-state index in [1.165, 1.54) is 9.75 Å². The lowest BCUT2D eigenvalue weighted by Gasteiger charge is -2.13. The van der Waals surface area contributed by atoms with E-state index in [0.717, 1.165) is 23.3 Å². The van der Waals surface area contributed by atoms with Crippen molar-refractivity contribution in [2.45, 2.75) is 19.9 Å². The minimum absolute atomic E-state index is 0.149. The number of furan rings is 1. The largest absolute Gasteiger partial charge is 0.459 e. The zero-order chi connectivity index (χ0) is 13.2. The van der Waals surface area contributed by atoms with Crippen molar-refractivity contribution in [2.75, 3.05) is 6.54 Å². The Morgan fingerprint density at radius 1 is 1.21 bits per heavy atom. The van der Waals surface area contributed by atoms with E-state index < -0.39 is 0 Å². The summed E-state index contributed by atoms with van der Waals surface area (Å²) in [7, 11) is 0. The van der Waals surface area contributed by atoms with Crippen molar-refractivity contribution < 1.29 is 4.42 Å². The molecule has 1 aromatic carbocycles. The lowest BCUT2D eigenvalue weighted by atomic mass is 10.1. The van der Waals surface area contributed by atoms with E-state index in [4.69, 9.17) is 4.42 Å². The Bertz CT molecular complexity index is 650. The summed E-state index contributed by atoms with van der Waals surface area (Å²) in [5.74, 6) is 0.991. The Kier molecular flexibility index (Phi) is 3.40. The van der Waals surface area contributed by atoms with Gasteiger partial charge in [0.05, 0.1) is 0 Å². The first-order valence-corrected chi connectivity index (χ1v) is 7.38. The van der Waals surface area contributed by atoms with Crippen molar-refractivity contribution in [1.29, 1.82) is 0 Å². The maximum Gasteiger partial charge on any atom is 0.134 e. The van der Waals surface area contributed by atoms with Gasteiger partial charge in [-0.1, -0.05) is 25.1 Å². The predicted molar refractivity (Wildman–Crippen MR) is 80.8 cm³/mol. The van der Waals surface area contributed by atoms with E-state index in [-0.39, 0.29) is 6.04 Å².